The van der Waals surface area contributed by atoms with Gasteiger partial charge in [0.25, 0.3) is 0 Å². The molecule has 1 N–H and O–H groups in total. The number of rotatable bonds is 2. The lowest BCUT2D eigenvalue weighted by atomic mass is 9.83. The van der Waals surface area contributed by atoms with Crippen LogP contribution in [0.15, 0.2) is 72.3 Å². The minimum atomic E-state index is -1.05. The molecule has 20 heavy (non-hydrogen) atoms. The van der Waals surface area contributed by atoms with Crippen LogP contribution in [0, 0.1) is 0 Å². The van der Waals surface area contributed by atoms with Crippen molar-refractivity contribution in [3.8, 4) is 11.1 Å². The van der Waals surface area contributed by atoms with Gasteiger partial charge in [-0.3, -0.25) is 0 Å². The van der Waals surface area contributed by atoms with Crippen molar-refractivity contribution in [1.82, 2.24) is 0 Å². The molecule has 0 aromatic heterocycles. The van der Waals surface area contributed by atoms with Crippen molar-refractivity contribution in [3.63, 3.8) is 0 Å². The van der Waals surface area contributed by atoms with E-state index in [1.807, 2.05) is 68.5 Å². The SMILES string of the molecule is C/C=C\C(=C/C)C1(O)c2ccccc2-c2ccccc21. The van der Waals surface area contributed by atoms with Crippen molar-refractivity contribution in [1.29, 1.82) is 0 Å². The molecule has 100 valence electrons. The lowest BCUT2D eigenvalue weighted by molar-refractivity contribution is 0.130. The fourth-order valence-corrected chi connectivity index (χ4v) is 3.13. The molecule has 1 aliphatic rings. The van der Waals surface area contributed by atoms with Gasteiger partial charge in [0.1, 0.15) is 5.60 Å². The lowest BCUT2D eigenvalue weighted by Gasteiger charge is -2.27. The molecule has 3 rings (SSSR count). The van der Waals surface area contributed by atoms with Gasteiger partial charge in [-0.05, 0) is 30.5 Å². The van der Waals surface area contributed by atoms with Crippen LogP contribution in [0.1, 0.15) is 25.0 Å². The Kier molecular flexibility index (Phi) is 3.07. The van der Waals surface area contributed by atoms with Crippen LogP contribution in [0.5, 0.6) is 0 Å². The van der Waals surface area contributed by atoms with Gasteiger partial charge in [-0.15, -0.1) is 0 Å². The quantitative estimate of drug-likeness (QED) is 0.794. The van der Waals surface area contributed by atoms with E-state index in [1.165, 1.54) is 0 Å². The minimum absolute atomic E-state index is 0.914. The van der Waals surface area contributed by atoms with E-state index in [-0.39, 0.29) is 0 Å². The summed E-state index contributed by atoms with van der Waals surface area (Å²) in [7, 11) is 0. The van der Waals surface area contributed by atoms with Crippen LogP contribution in [0.4, 0.5) is 0 Å². The second kappa shape index (κ2) is 4.77. The third-order valence-electron chi connectivity index (χ3n) is 4.00. The lowest BCUT2D eigenvalue weighted by Crippen LogP contribution is -2.26. The molecule has 0 bridgehead atoms. The maximum Gasteiger partial charge on any atom is 0.141 e. The standard InChI is InChI=1S/C19H18O/c1-3-9-14(4-2)19(20)17-12-7-5-10-15(17)16-11-6-8-13-18(16)19/h3-13,20H,1-2H3/b9-3-,14-4+. The summed E-state index contributed by atoms with van der Waals surface area (Å²) in [6.45, 7) is 3.94. The van der Waals surface area contributed by atoms with Crippen molar-refractivity contribution in [2.75, 3.05) is 0 Å². The summed E-state index contributed by atoms with van der Waals surface area (Å²) in [5.74, 6) is 0. The summed E-state index contributed by atoms with van der Waals surface area (Å²) in [6, 6.07) is 16.2. The largest absolute Gasteiger partial charge is 0.376 e. The van der Waals surface area contributed by atoms with E-state index < -0.39 is 5.60 Å². The van der Waals surface area contributed by atoms with Gasteiger partial charge in [-0.25, -0.2) is 0 Å². The summed E-state index contributed by atoms with van der Waals surface area (Å²) in [4.78, 5) is 0. The van der Waals surface area contributed by atoms with Crippen LogP contribution in [0.25, 0.3) is 11.1 Å². The Hall–Kier alpha value is -2.12. The Balaban J connectivity index is 2.36. The normalized spacial score (nSPS) is 16.2. The van der Waals surface area contributed by atoms with Crippen molar-refractivity contribution in [3.05, 3.63) is 83.5 Å². The first-order valence-corrected chi connectivity index (χ1v) is 6.94. The summed E-state index contributed by atoms with van der Waals surface area (Å²) in [5, 5.41) is 11.5. The molecule has 0 unspecified atom stereocenters. The Morgan fingerprint density at radius 1 is 0.900 bits per heavy atom. The first-order chi connectivity index (χ1) is 9.73. The highest BCUT2D eigenvalue weighted by molar-refractivity contribution is 5.82. The molecule has 0 amide bonds. The van der Waals surface area contributed by atoms with Crippen molar-refractivity contribution in [2.24, 2.45) is 0 Å². The number of fused-ring (bicyclic) bond motifs is 3. The average molecular weight is 262 g/mol. The van der Waals surface area contributed by atoms with Gasteiger partial charge >= 0.3 is 0 Å². The van der Waals surface area contributed by atoms with Crippen molar-refractivity contribution in [2.45, 2.75) is 19.4 Å². The average Bonchev–Trinajstić information content (AvgIpc) is 2.76. The second-order valence-electron chi connectivity index (χ2n) is 5.05. The molecule has 0 fully saturated rings. The first-order valence-electron chi connectivity index (χ1n) is 6.94. The molecule has 0 radical (unpaired) electrons. The summed E-state index contributed by atoms with van der Waals surface area (Å²) < 4.78 is 0. The number of hydrogen-bond donors (Lipinski definition) is 1. The smallest absolute Gasteiger partial charge is 0.141 e. The topological polar surface area (TPSA) is 20.2 Å². The highest BCUT2D eigenvalue weighted by Crippen LogP contribution is 2.51. The van der Waals surface area contributed by atoms with E-state index in [4.69, 9.17) is 0 Å². The number of benzene rings is 2. The second-order valence-corrected chi connectivity index (χ2v) is 5.05. The maximum absolute atomic E-state index is 11.5. The molecule has 1 nitrogen and oxygen atoms in total. The first kappa shape index (κ1) is 12.9. The highest BCUT2D eigenvalue weighted by atomic mass is 16.3. The molecule has 1 heteroatoms. The van der Waals surface area contributed by atoms with Gasteiger partial charge in [-0.1, -0.05) is 66.8 Å². The Morgan fingerprint density at radius 3 is 1.85 bits per heavy atom. The summed E-state index contributed by atoms with van der Waals surface area (Å²) in [5.41, 5.74) is 4.04. The number of hydrogen-bond acceptors (Lipinski definition) is 1. The molecule has 0 saturated carbocycles. The van der Waals surface area contributed by atoms with Gasteiger partial charge in [0.2, 0.25) is 0 Å². The molecule has 0 aliphatic heterocycles. The van der Waals surface area contributed by atoms with Gasteiger partial charge in [-0.2, -0.15) is 0 Å². The van der Waals surface area contributed by atoms with Crippen LogP contribution in [-0.2, 0) is 5.60 Å². The highest BCUT2D eigenvalue weighted by Gasteiger charge is 2.42. The Labute approximate surface area is 119 Å². The molecule has 0 atom stereocenters. The fourth-order valence-electron chi connectivity index (χ4n) is 3.13. The zero-order valence-corrected chi connectivity index (χ0v) is 11.8. The molecule has 1 aliphatic carbocycles. The van der Waals surface area contributed by atoms with Crippen molar-refractivity contribution >= 4 is 0 Å². The number of aliphatic hydroxyl groups is 1. The van der Waals surface area contributed by atoms with Crippen LogP contribution in [-0.4, -0.2) is 5.11 Å². The van der Waals surface area contributed by atoms with E-state index >= 15 is 0 Å². The molecule has 0 spiro atoms. The van der Waals surface area contributed by atoms with Crippen LogP contribution in [0.2, 0.25) is 0 Å². The van der Waals surface area contributed by atoms with Crippen molar-refractivity contribution < 1.29 is 5.11 Å². The molecule has 2 aromatic rings. The van der Waals surface area contributed by atoms with Gasteiger partial charge in [0.05, 0.1) is 0 Å². The van der Waals surface area contributed by atoms with E-state index in [2.05, 4.69) is 12.1 Å². The van der Waals surface area contributed by atoms with Gasteiger partial charge in [0, 0.05) is 11.1 Å². The molecular formula is C19H18O. The predicted molar refractivity (Wildman–Crippen MR) is 83.4 cm³/mol. The van der Waals surface area contributed by atoms with Gasteiger partial charge in [0.15, 0.2) is 0 Å². The zero-order valence-electron chi connectivity index (χ0n) is 11.8. The molecule has 2 aromatic carbocycles. The van der Waals surface area contributed by atoms with E-state index in [9.17, 15) is 5.11 Å². The fraction of sp³-hybridized carbons (Fsp3) is 0.158. The van der Waals surface area contributed by atoms with E-state index in [1.54, 1.807) is 0 Å². The third-order valence-corrected chi connectivity index (χ3v) is 4.00. The zero-order chi connectivity index (χ0) is 14.2. The summed E-state index contributed by atoms with van der Waals surface area (Å²) in [6.07, 6.45) is 5.94. The van der Waals surface area contributed by atoms with Crippen LogP contribution in [0.3, 0.4) is 0 Å². The number of allylic oxidation sites excluding steroid dienone is 2. The van der Waals surface area contributed by atoms with Gasteiger partial charge < -0.3 is 5.11 Å². The van der Waals surface area contributed by atoms with E-state index in [0.717, 1.165) is 27.8 Å². The monoisotopic (exact) mass is 262 g/mol. The third kappa shape index (κ3) is 1.60. The Morgan fingerprint density at radius 2 is 1.40 bits per heavy atom. The predicted octanol–water partition coefficient (Wildman–Crippen LogP) is 4.43. The van der Waals surface area contributed by atoms with Crippen LogP contribution >= 0.6 is 0 Å². The minimum Gasteiger partial charge on any atom is -0.376 e. The van der Waals surface area contributed by atoms with Crippen LogP contribution < -0.4 is 0 Å². The van der Waals surface area contributed by atoms with E-state index in [0.29, 0.717) is 0 Å². The molecular weight excluding hydrogens is 244 g/mol. The Bertz CT molecular complexity index is 662. The maximum atomic E-state index is 11.5. The molecule has 0 heterocycles. The molecule has 0 saturated heterocycles. The summed E-state index contributed by atoms with van der Waals surface area (Å²) >= 11 is 0.